The summed E-state index contributed by atoms with van der Waals surface area (Å²) in [7, 11) is 0. The molecule has 2 fully saturated rings. The summed E-state index contributed by atoms with van der Waals surface area (Å²) in [4.78, 5) is 43.6. The average molecular weight is 442 g/mol. The molecule has 1 aromatic heterocycles. The number of amides is 1. The molecule has 0 aliphatic carbocycles. The van der Waals surface area contributed by atoms with Crippen LogP contribution in [0, 0.1) is 19.8 Å². The van der Waals surface area contributed by atoms with Crippen molar-refractivity contribution in [1.82, 2.24) is 4.90 Å². The Labute approximate surface area is 186 Å². The van der Waals surface area contributed by atoms with Gasteiger partial charge in [-0.05, 0) is 36.9 Å². The lowest BCUT2D eigenvalue weighted by Gasteiger charge is -2.28. The van der Waals surface area contributed by atoms with E-state index < -0.39 is 23.7 Å². The number of thiophene rings is 1. The minimum absolute atomic E-state index is 0.251. The smallest absolute Gasteiger partial charge is 0.291 e. The maximum absolute atomic E-state index is 13.5. The second kappa shape index (κ2) is 9.42. The van der Waals surface area contributed by atoms with E-state index in [4.69, 9.17) is 4.74 Å². The van der Waals surface area contributed by atoms with Crippen molar-refractivity contribution in [3.8, 4) is 0 Å². The third kappa shape index (κ3) is 4.49. The van der Waals surface area contributed by atoms with Crippen molar-refractivity contribution in [2.75, 3.05) is 39.4 Å². The summed E-state index contributed by atoms with van der Waals surface area (Å²) in [5, 5.41) is 1.93. The number of morpholine rings is 1. The molecule has 6 nitrogen and oxygen atoms in total. The maximum atomic E-state index is 13.5. The molecule has 1 N–H and O–H groups in total. The molecule has 2 aliphatic heterocycles. The van der Waals surface area contributed by atoms with Gasteiger partial charge in [-0.1, -0.05) is 23.8 Å². The molecule has 31 heavy (non-hydrogen) atoms. The van der Waals surface area contributed by atoms with Gasteiger partial charge in [0.2, 0.25) is 5.78 Å². The number of carbonyl (C=O) groups is 3. The van der Waals surface area contributed by atoms with Gasteiger partial charge in [0.05, 0.1) is 25.8 Å². The van der Waals surface area contributed by atoms with Gasteiger partial charge in [0.25, 0.3) is 5.91 Å². The first kappa shape index (κ1) is 21.9. The number of nitrogens with one attached hydrogen (secondary N) is 1. The largest absolute Gasteiger partial charge is 0.370 e. The van der Waals surface area contributed by atoms with E-state index in [1.165, 1.54) is 16.2 Å². The van der Waals surface area contributed by atoms with Crippen LogP contribution in [0.2, 0.25) is 0 Å². The van der Waals surface area contributed by atoms with Crippen LogP contribution < -0.4 is 4.90 Å². The molecule has 7 heteroatoms. The SMILES string of the molecule is Cc1ccc(C)c(C(=O)C2C(=O)C(=O)N(CCC[NH+]3CCOCC3)C2c2cccs2)c1. The van der Waals surface area contributed by atoms with E-state index in [9.17, 15) is 14.4 Å². The van der Waals surface area contributed by atoms with Crippen LogP contribution in [0.5, 0.6) is 0 Å². The Kier molecular flexibility index (Phi) is 6.65. The van der Waals surface area contributed by atoms with Crippen molar-refractivity contribution < 1.29 is 24.0 Å². The number of Topliss-reactive ketones (excluding diaryl/α,β-unsaturated/α-hetero) is 2. The van der Waals surface area contributed by atoms with Gasteiger partial charge in [-0.15, -0.1) is 11.3 Å². The number of aryl methyl sites for hydroxylation is 2. The summed E-state index contributed by atoms with van der Waals surface area (Å²) < 4.78 is 5.41. The van der Waals surface area contributed by atoms with Crippen molar-refractivity contribution in [2.24, 2.45) is 5.92 Å². The molecule has 2 aliphatic rings. The first-order valence-electron chi connectivity index (χ1n) is 10.9. The number of carbonyl (C=O) groups excluding carboxylic acids is 3. The van der Waals surface area contributed by atoms with Gasteiger partial charge >= 0.3 is 0 Å². The number of nitrogens with zero attached hydrogens (tertiary/aromatic N) is 1. The molecule has 3 heterocycles. The maximum Gasteiger partial charge on any atom is 0.291 e. The van der Waals surface area contributed by atoms with Crippen LogP contribution in [-0.2, 0) is 14.3 Å². The average Bonchev–Trinajstić information content (AvgIpc) is 3.38. The predicted molar refractivity (Wildman–Crippen MR) is 119 cm³/mol. The van der Waals surface area contributed by atoms with E-state index in [1.54, 1.807) is 4.90 Å². The van der Waals surface area contributed by atoms with Crippen molar-refractivity contribution in [3.05, 3.63) is 57.3 Å². The van der Waals surface area contributed by atoms with Crippen LogP contribution in [0.1, 0.15) is 38.8 Å². The summed E-state index contributed by atoms with van der Waals surface area (Å²) in [6.07, 6.45) is 0.792. The Morgan fingerprint density at radius 1 is 1.19 bits per heavy atom. The molecule has 164 valence electrons. The summed E-state index contributed by atoms with van der Waals surface area (Å²) in [6, 6.07) is 8.98. The lowest BCUT2D eigenvalue weighted by molar-refractivity contribution is -0.908. The molecule has 4 rings (SSSR count). The van der Waals surface area contributed by atoms with Gasteiger partial charge in [-0.3, -0.25) is 14.4 Å². The second-order valence-electron chi connectivity index (χ2n) is 8.45. The Morgan fingerprint density at radius 2 is 1.97 bits per heavy atom. The molecular formula is C24H29N2O4S+. The van der Waals surface area contributed by atoms with Crippen molar-refractivity contribution in [3.63, 3.8) is 0 Å². The van der Waals surface area contributed by atoms with Crippen molar-refractivity contribution in [2.45, 2.75) is 26.3 Å². The molecule has 0 bridgehead atoms. The second-order valence-corrected chi connectivity index (χ2v) is 9.43. The topological polar surface area (TPSA) is 68.1 Å². The van der Waals surface area contributed by atoms with E-state index >= 15 is 0 Å². The van der Waals surface area contributed by atoms with Crippen molar-refractivity contribution >= 4 is 28.8 Å². The Bertz CT molecular complexity index is 966. The van der Waals surface area contributed by atoms with Crippen LogP contribution in [0.15, 0.2) is 35.7 Å². The molecule has 0 saturated carbocycles. The highest BCUT2D eigenvalue weighted by Gasteiger charge is 2.52. The Morgan fingerprint density at radius 3 is 2.68 bits per heavy atom. The quantitative estimate of drug-likeness (QED) is 0.403. The summed E-state index contributed by atoms with van der Waals surface area (Å²) in [6.45, 7) is 8.67. The fourth-order valence-electron chi connectivity index (χ4n) is 4.58. The lowest BCUT2D eigenvalue weighted by Crippen LogP contribution is -3.14. The number of hydrogen-bond donors (Lipinski definition) is 1. The number of ketones is 2. The normalized spacial score (nSPS) is 22.3. The number of hydrogen-bond acceptors (Lipinski definition) is 5. The van der Waals surface area contributed by atoms with E-state index in [-0.39, 0.29) is 5.78 Å². The molecule has 0 spiro atoms. The highest BCUT2D eigenvalue weighted by atomic mass is 32.1. The zero-order valence-corrected chi connectivity index (χ0v) is 18.9. The van der Waals surface area contributed by atoms with E-state index in [2.05, 4.69) is 0 Å². The molecule has 2 aromatic rings. The van der Waals surface area contributed by atoms with Crippen LogP contribution in [0.25, 0.3) is 0 Å². The van der Waals surface area contributed by atoms with Gasteiger partial charge < -0.3 is 14.5 Å². The standard InChI is InChI=1S/C24H28N2O4S/c1-16-6-7-17(2)18(15-16)22(27)20-21(19-5-3-14-31-19)26(24(29)23(20)28)9-4-8-25-10-12-30-13-11-25/h3,5-7,14-15,20-21H,4,8-13H2,1-2H3/p+1. The van der Waals surface area contributed by atoms with Gasteiger partial charge in [0.1, 0.15) is 19.0 Å². The third-order valence-electron chi connectivity index (χ3n) is 6.31. The molecule has 2 atom stereocenters. The van der Waals surface area contributed by atoms with Crippen molar-refractivity contribution in [1.29, 1.82) is 0 Å². The summed E-state index contributed by atoms with van der Waals surface area (Å²) >= 11 is 1.49. The first-order chi connectivity index (χ1) is 15.0. The number of quaternary nitrogens is 1. The predicted octanol–water partition coefficient (Wildman–Crippen LogP) is 1.62. The number of ether oxygens (including phenoxy) is 1. The monoisotopic (exact) mass is 441 g/mol. The zero-order valence-electron chi connectivity index (χ0n) is 18.1. The van der Waals surface area contributed by atoms with Gasteiger partial charge in [0.15, 0.2) is 5.78 Å². The molecule has 1 amide bonds. The number of benzene rings is 1. The lowest BCUT2D eigenvalue weighted by atomic mass is 9.87. The molecular weight excluding hydrogens is 412 g/mol. The molecule has 0 radical (unpaired) electrons. The highest BCUT2D eigenvalue weighted by molar-refractivity contribution is 7.10. The van der Waals surface area contributed by atoms with Gasteiger partial charge in [-0.2, -0.15) is 0 Å². The van der Waals surface area contributed by atoms with Gasteiger partial charge in [-0.25, -0.2) is 0 Å². The highest BCUT2D eigenvalue weighted by Crippen LogP contribution is 2.40. The Balaban J connectivity index is 1.59. The summed E-state index contributed by atoms with van der Waals surface area (Å²) in [5.74, 6) is -2.34. The summed E-state index contributed by atoms with van der Waals surface area (Å²) in [5.41, 5.74) is 2.33. The number of rotatable bonds is 7. The van der Waals surface area contributed by atoms with E-state index in [0.717, 1.165) is 55.3 Å². The van der Waals surface area contributed by atoms with E-state index in [1.807, 2.05) is 49.6 Å². The third-order valence-corrected chi connectivity index (χ3v) is 7.25. The number of likely N-dealkylation sites (tertiary alicyclic amines) is 1. The molecule has 2 unspecified atom stereocenters. The van der Waals surface area contributed by atoms with E-state index in [0.29, 0.717) is 12.1 Å². The van der Waals surface area contributed by atoms with Crippen LogP contribution in [-0.4, -0.2) is 61.8 Å². The fraction of sp³-hybridized carbons (Fsp3) is 0.458. The molecule has 2 saturated heterocycles. The minimum atomic E-state index is -0.984. The zero-order chi connectivity index (χ0) is 22.0. The van der Waals surface area contributed by atoms with Crippen LogP contribution in [0.3, 0.4) is 0 Å². The van der Waals surface area contributed by atoms with Gasteiger partial charge in [0, 0.05) is 23.4 Å². The fourth-order valence-corrected chi connectivity index (χ4v) is 5.46. The van der Waals surface area contributed by atoms with Crippen LogP contribution in [0.4, 0.5) is 0 Å². The first-order valence-corrected chi connectivity index (χ1v) is 11.8. The Hall–Kier alpha value is -2.35. The minimum Gasteiger partial charge on any atom is -0.370 e. The molecule has 1 aromatic carbocycles. The van der Waals surface area contributed by atoms with Crippen LogP contribution >= 0.6 is 11.3 Å².